The van der Waals surface area contributed by atoms with Gasteiger partial charge in [-0.05, 0) is 94.8 Å². The van der Waals surface area contributed by atoms with Gasteiger partial charge in [0.05, 0.1) is 0 Å². The van der Waals surface area contributed by atoms with E-state index in [-0.39, 0.29) is 0 Å². The Morgan fingerprint density at radius 2 is 1.52 bits per heavy atom. The van der Waals surface area contributed by atoms with Crippen LogP contribution >= 0.6 is 0 Å². The molecule has 0 aromatic heterocycles. The van der Waals surface area contributed by atoms with E-state index in [2.05, 4.69) is 37.7 Å². The summed E-state index contributed by atoms with van der Waals surface area (Å²) in [6, 6.07) is 0. The number of nitrogens with zero attached hydrogens (tertiary/aromatic N) is 2. The third-order valence-corrected chi connectivity index (χ3v) is 7.92. The van der Waals surface area contributed by atoms with Crippen LogP contribution in [0.2, 0.25) is 0 Å². The molecule has 23 heavy (non-hydrogen) atoms. The van der Waals surface area contributed by atoms with E-state index in [9.17, 15) is 0 Å². The van der Waals surface area contributed by atoms with E-state index in [1.807, 2.05) is 0 Å². The van der Waals surface area contributed by atoms with Crippen LogP contribution in [-0.2, 0) is 0 Å². The fourth-order valence-corrected chi connectivity index (χ4v) is 6.18. The number of rotatable bonds is 2. The van der Waals surface area contributed by atoms with Crippen molar-refractivity contribution in [1.29, 1.82) is 0 Å². The first-order valence-electron chi connectivity index (χ1n) is 10.4. The van der Waals surface area contributed by atoms with Crippen LogP contribution in [0.15, 0.2) is 0 Å². The summed E-state index contributed by atoms with van der Waals surface area (Å²) < 4.78 is 0. The minimum absolute atomic E-state index is 0.787. The molecule has 0 radical (unpaired) electrons. The standard InChI is InChI=1S/C11H21N.C10H19N/c1-3-10-4-5-11(10)6-8-12(2)9-7-11;1-3-9-4-5-10(6-9)7-11(2)8-10/h10H,3-9H2,1-2H3;9H,3-8H2,1-2H3. The molecule has 2 saturated carbocycles. The van der Waals surface area contributed by atoms with E-state index in [0.29, 0.717) is 0 Å². The number of piperidine rings is 1. The van der Waals surface area contributed by atoms with Crippen LogP contribution in [0.25, 0.3) is 0 Å². The van der Waals surface area contributed by atoms with Crippen LogP contribution < -0.4 is 0 Å². The molecular formula is C21H40N2. The van der Waals surface area contributed by atoms with Gasteiger partial charge in [-0.15, -0.1) is 0 Å². The molecule has 2 spiro atoms. The van der Waals surface area contributed by atoms with Gasteiger partial charge in [0, 0.05) is 13.1 Å². The molecule has 2 unspecified atom stereocenters. The van der Waals surface area contributed by atoms with Crippen LogP contribution in [0.3, 0.4) is 0 Å². The average molecular weight is 321 g/mol. The maximum absolute atomic E-state index is 2.48. The zero-order valence-corrected chi connectivity index (χ0v) is 16.2. The molecule has 4 aliphatic rings. The molecule has 2 heterocycles. The lowest BCUT2D eigenvalue weighted by atomic mass is 9.55. The van der Waals surface area contributed by atoms with Crippen molar-refractivity contribution in [2.45, 2.75) is 71.6 Å². The predicted molar refractivity (Wildman–Crippen MR) is 99.7 cm³/mol. The molecule has 2 atom stereocenters. The molecule has 2 aliphatic heterocycles. The van der Waals surface area contributed by atoms with Gasteiger partial charge in [-0.1, -0.05) is 26.7 Å². The summed E-state index contributed by atoms with van der Waals surface area (Å²) in [5.74, 6) is 2.13. The fraction of sp³-hybridized carbons (Fsp3) is 1.00. The Bertz CT molecular complexity index is 375. The highest BCUT2D eigenvalue weighted by Gasteiger charge is 2.46. The molecule has 0 bridgehead atoms. The Morgan fingerprint density at radius 3 is 1.96 bits per heavy atom. The van der Waals surface area contributed by atoms with Crippen LogP contribution in [0.5, 0.6) is 0 Å². The lowest BCUT2D eigenvalue weighted by Gasteiger charge is -2.53. The van der Waals surface area contributed by atoms with Crippen molar-refractivity contribution in [1.82, 2.24) is 9.80 Å². The third-order valence-electron chi connectivity index (χ3n) is 7.92. The molecular weight excluding hydrogens is 280 g/mol. The molecule has 2 aliphatic carbocycles. The van der Waals surface area contributed by atoms with Crippen molar-refractivity contribution < 1.29 is 0 Å². The van der Waals surface area contributed by atoms with Gasteiger partial charge in [0.1, 0.15) is 0 Å². The van der Waals surface area contributed by atoms with E-state index in [4.69, 9.17) is 0 Å². The molecule has 2 saturated heterocycles. The van der Waals surface area contributed by atoms with Crippen LogP contribution in [0.1, 0.15) is 71.6 Å². The third kappa shape index (κ3) is 3.63. The summed E-state index contributed by atoms with van der Waals surface area (Å²) >= 11 is 0. The van der Waals surface area contributed by atoms with Crippen molar-refractivity contribution in [3.63, 3.8) is 0 Å². The van der Waals surface area contributed by atoms with Gasteiger partial charge in [-0.25, -0.2) is 0 Å². The van der Waals surface area contributed by atoms with E-state index in [1.54, 1.807) is 0 Å². The molecule has 2 nitrogen and oxygen atoms in total. The molecule has 0 aromatic rings. The highest BCUT2D eigenvalue weighted by molar-refractivity contribution is 4.99. The normalized spacial score (nSPS) is 35.5. The summed E-state index contributed by atoms with van der Waals surface area (Å²) in [4.78, 5) is 4.94. The topological polar surface area (TPSA) is 6.48 Å². The maximum Gasteiger partial charge on any atom is 0.00475 e. The Morgan fingerprint density at radius 1 is 0.826 bits per heavy atom. The monoisotopic (exact) mass is 320 g/mol. The zero-order chi connectivity index (χ0) is 16.5. The predicted octanol–water partition coefficient (Wildman–Crippen LogP) is 4.65. The van der Waals surface area contributed by atoms with Crippen LogP contribution in [0, 0.1) is 22.7 Å². The molecule has 134 valence electrons. The van der Waals surface area contributed by atoms with Gasteiger partial charge >= 0.3 is 0 Å². The Kier molecular flexibility index (Phi) is 5.43. The number of hydrogen-bond donors (Lipinski definition) is 0. The Hall–Kier alpha value is -0.0800. The number of hydrogen-bond acceptors (Lipinski definition) is 2. The second kappa shape index (κ2) is 7.04. The minimum Gasteiger partial charge on any atom is -0.306 e. The summed E-state index contributed by atoms with van der Waals surface area (Å²) in [5.41, 5.74) is 1.59. The van der Waals surface area contributed by atoms with Gasteiger partial charge in [0.2, 0.25) is 0 Å². The van der Waals surface area contributed by atoms with Crippen molar-refractivity contribution in [3.05, 3.63) is 0 Å². The van der Waals surface area contributed by atoms with Gasteiger partial charge in [-0.3, -0.25) is 0 Å². The van der Waals surface area contributed by atoms with Crippen molar-refractivity contribution in [2.24, 2.45) is 22.7 Å². The largest absolute Gasteiger partial charge is 0.306 e. The summed E-state index contributed by atoms with van der Waals surface area (Å²) in [6.07, 6.45) is 13.4. The fourth-order valence-electron chi connectivity index (χ4n) is 6.18. The van der Waals surface area contributed by atoms with Crippen LogP contribution in [-0.4, -0.2) is 50.1 Å². The molecule has 0 N–H and O–H groups in total. The lowest BCUT2D eigenvalue weighted by Crippen LogP contribution is -2.52. The van der Waals surface area contributed by atoms with Crippen molar-refractivity contribution >= 4 is 0 Å². The average Bonchev–Trinajstić information content (AvgIpc) is 2.92. The quantitative estimate of drug-likeness (QED) is 0.731. The van der Waals surface area contributed by atoms with E-state index < -0.39 is 0 Å². The molecule has 0 aromatic carbocycles. The molecule has 2 heteroatoms. The zero-order valence-electron chi connectivity index (χ0n) is 16.2. The molecule has 0 amide bonds. The second-order valence-electron chi connectivity index (χ2n) is 9.50. The van der Waals surface area contributed by atoms with Gasteiger partial charge in [0.25, 0.3) is 0 Å². The van der Waals surface area contributed by atoms with Crippen molar-refractivity contribution in [3.8, 4) is 0 Å². The van der Waals surface area contributed by atoms with E-state index in [1.165, 1.54) is 84.0 Å². The Labute approximate surface area is 145 Å². The van der Waals surface area contributed by atoms with E-state index in [0.717, 1.165) is 22.7 Å². The molecule has 4 rings (SSSR count). The Balaban J connectivity index is 0.000000136. The highest BCUT2D eigenvalue weighted by atomic mass is 15.2. The summed E-state index contributed by atoms with van der Waals surface area (Å²) in [7, 11) is 4.50. The first-order chi connectivity index (χ1) is 11.0. The SMILES string of the molecule is CCC1CCC12CCN(C)CC2.CCC1CCC2(C1)CN(C)C2. The smallest absolute Gasteiger partial charge is 0.00475 e. The first-order valence-corrected chi connectivity index (χ1v) is 10.4. The van der Waals surface area contributed by atoms with E-state index >= 15 is 0 Å². The summed E-state index contributed by atoms with van der Waals surface area (Å²) in [5, 5.41) is 0. The second-order valence-corrected chi connectivity index (χ2v) is 9.50. The first kappa shape index (κ1) is 17.7. The molecule has 4 fully saturated rings. The van der Waals surface area contributed by atoms with Gasteiger partial charge < -0.3 is 9.80 Å². The van der Waals surface area contributed by atoms with Crippen molar-refractivity contribution in [2.75, 3.05) is 40.3 Å². The minimum atomic E-state index is 0.787. The lowest BCUT2D eigenvalue weighted by molar-refractivity contribution is -0.0302. The number of likely N-dealkylation sites (tertiary alicyclic amines) is 2. The van der Waals surface area contributed by atoms with Crippen LogP contribution in [0.4, 0.5) is 0 Å². The van der Waals surface area contributed by atoms with Gasteiger partial charge in [-0.2, -0.15) is 0 Å². The highest BCUT2D eigenvalue weighted by Crippen LogP contribution is 2.54. The summed E-state index contributed by atoms with van der Waals surface area (Å²) in [6.45, 7) is 10.1. The maximum atomic E-state index is 2.48. The van der Waals surface area contributed by atoms with Gasteiger partial charge in [0.15, 0.2) is 0 Å².